The van der Waals surface area contributed by atoms with E-state index in [1.54, 1.807) is 6.07 Å². The first kappa shape index (κ1) is 23.6. The number of carbonyl (C=O) groups excluding carboxylic acids is 1. The van der Waals surface area contributed by atoms with Crippen LogP contribution in [0.5, 0.6) is 5.75 Å². The average Bonchev–Trinajstić information content (AvgIpc) is 3.51. The number of aliphatic hydroxyl groups excluding tert-OH is 1. The van der Waals surface area contributed by atoms with Crippen LogP contribution in [0.25, 0.3) is 0 Å². The van der Waals surface area contributed by atoms with Gasteiger partial charge >= 0.3 is 5.97 Å². The Kier molecular flexibility index (Phi) is 6.11. The number of likely N-dealkylation sites (tertiary alicyclic amines) is 1. The molecule has 2 bridgehead atoms. The number of nitrogens with zero attached hydrogens (tertiary/aromatic N) is 1. The number of carbonyl (C=O) groups is 2. The van der Waals surface area contributed by atoms with E-state index >= 15 is 4.39 Å². The van der Waals surface area contributed by atoms with Crippen molar-refractivity contribution in [2.75, 3.05) is 13.2 Å². The lowest BCUT2D eigenvalue weighted by atomic mass is 9.57. The number of carboxylic acid groups (broad SMARTS) is 1. The van der Waals surface area contributed by atoms with Gasteiger partial charge in [-0.3, -0.25) is 4.79 Å². The second kappa shape index (κ2) is 8.81. The molecule has 6 nitrogen and oxygen atoms in total. The molecule has 1 aromatic rings. The molecule has 2 N–H and O–H groups in total. The van der Waals surface area contributed by atoms with Crippen molar-refractivity contribution in [1.29, 1.82) is 0 Å². The third kappa shape index (κ3) is 4.43. The third-order valence-electron chi connectivity index (χ3n) is 8.52. The molecule has 4 fully saturated rings. The first-order valence-corrected chi connectivity index (χ1v) is 12.8. The van der Waals surface area contributed by atoms with Gasteiger partial charge in [0.25, 0.3) is 5.91 Å². The highest BCUT2D eigenvalue weighted by Gasteiger charge is 2.45. The van der Waals surface area contributed by atoms with Crippen LogP contribution in [-0.2, 0) is 4.79 Å². The zero-order valence-corrected chi connectivity index (χ0v) is 20.1. The monoisotopic (exact) mass is 473 g/mol. The largest absolute Gasteiger partial charge is 0.493 e. The summed E-state index contributed by atoms with van der Waals surface area (Å²) in [6, 6.07) is 1.55. The standard InChI is InChI=1S/C27H36FNO5/c1-15-7-17-8-16(2)12-27(11-15,13-17)14-34-23-10-21(28)20(9-19(23)18-3-4-18)25(31)29-6-5-22(30)24(29)26(32)33/h9-10,15-18,22,24,30H,3-8,11-14H2,1-2H3,(H,32,33)/t15?,16?,17?,22-,24+,27?/m1/s1. The van der Waals surface area contributed by atoms with E-state index in [-0.39, 0.29) is 29.9 Å². The van der Waals surface area contributed by atoms with Gasteiger partial charge in [0.2, 0.25) is 0 Å². The van der Waals surface area contributed by atoms with Gasteiger partial charge in [-0.1, -0.05) is 13.8 Å². The molecule has 0 radical (unpaired) electrons. The Morgan fingerprint density at radius 1 is 1.12 bits per heavy atom. The lowest BCUT2D eigenvalue weighted by Crippen LogP contribution is -2.45. The number of benzene rings is 1. The van der Waals surface area contributed by atoms with Crippen molar-refractivity contribution >= 4 is 11.9 Å². The van der Waals surface area contributed by atoms with Crippen molar-refractivity contribution in [2.24, 2.45) is 23.2 Å². The first-order valence-electron chi connectivity index (χ1n) is 12.8. The number of aliphatic hydroxyl groups is 1. The summed E-state index contributed by atoms with van der Waals surface area (Å²) in [7, 11) is 0. The summed E-state index contributed by atoms with van der Waals surface area (Å²) in [5.41, 5.74) is 0.842. The molecular weight excluding hydrogens is 437 g/mol. The quantitative estimate of drug-likeness (QED) is 0.631. The van der Waals surface area contributed by atoms with E-state index in [4.69, 9.17) is 4.74 Å². The van der Waals surface area contributed by atoms with Gasteiger partial charge in [-0.05, 0) is 86.7 Å². The molecule has 1 heterocycles. The van der Waals surface area contributed by atoms with Crippen molar-refractivity contribution in [3.63, 3.8) is 0 Å². The van der Waals surface area contributed by atoms with Crippen LogP contribution < -0.4 is 4.74 Å². The van der Waals surface area contributed by atoms with E-state index in [1.807, 2.05) is 0 Å². The smallest absolute Gasteiger partial charge is 0.329 e. The van der Waals surface area contributed by atoms with Crippen LogP contribution >= 0.6 is 0 Å². The molecular formula is C27H36FNO5. The maximum Gasteiger partial charge on any atom is 0.329 e. The lowest BCUT2D eigenvalue weighted by molar-refractivity contribution is -0.144. The highest BCUT2D eigenvalue weighted by Crippen LogP contribution is 2.53. The minimum absolute atomic E-state index is 0.0907. The summed E-state index contributed by atoms with van der Waals surface area (Å²) in [5, 5.41) is 19.5. The van der Waals surface area contributed by atoms with Gasteiger partial charge in [0, 0.05) is 18.0 Å². The molecule has 1 aliphatic heterocycles. The maximum absolute atomic E-state index is 15.2. The molecule has 186 valence electrons. The molecule has 1 saturated heterocycles. The number of amides is 1. The summed E-state index contributed by atoms with van der Waals surface area (Å²) in [6.45, 7) is 5.32. The number of halogens is 1. The van der Waals surface area contributed by atoms with Crippen LogP contribution in [0.3, 0.4) is 0 Å². The summed E-state index contributed by atoms with van der Waals surface area (Å²) < 4.78 is 21.6. The van der Waals surface area contributed by atoms with Crippen molar-refractivity contribution in [3.8, 4) is 5.75 Å². The van der Waals surface area contributed by atoms with Gasteiger partial charge in [0.1, 0.15) is 11.6 Å². The number of ether oxygens (including phenoxy) is 1. The van der Waals surface area contributed by atoms with Crippen LogP contribution in [-0.4, -0.2) is 52.3 Å². The molecule has 0 spiro atoms. The Morgan fingerprint density at radius 2 is 1.79 bits per heavy atom. The number of fused-ring (bicyclic) bond motifs is 2. The molecule has 7 heteroatoms. The Hall–Kier alpha value is -2.15. The molecule has 34 heavy (non-hydrogen) atoms. The van der Waals surface area contributed by atoms with Crippen LogP contribution in [0.15, 0.2) is 12.1 Å². The number of aliphatic carboxylic acids is 1. The molecule has 4 atom stereocenters. The van der Waals surface area contributed by atoms with Gasteiger partial charge < -0.3 is 19.8 Å². The summed E-state index contributed by atoms with van der Waals surface area (Å²) in [6.07, 6.45) is 6.98. The predicted octanol–water partition coefficient (Wildman–Crippen LogP) is 4.59. The summed E-state index contributed by atoms with van der Waals surface area (Å²) in [4.78, 5) is 25.8. The molecule has 0 aromatic heterocycles. The van der Waals surface area contributed by atoms with Crippen LogP contribution in [0.2, 0.25) is 0 Å². The molecule has 5 rings (SSSR count). The minimum Gasteiger partial charge on any atom is -0.493 e. The Balaban J connectivity index is 1.39. The fourth-order valence-electron chi connectivity index (χ4n) is 7.35. The van der Waals surface area contributed by atoms with Crippen LogP contribution in [0.4, 0.5) is 4.39 Å². The zero-order valence-electron chi connectivity index (χ0n) is 20.1. The SMILES string of the molecule is CC1CC2CC(C)CC(COc3cc(F)c(C(=O)N4CC[C@@H](O)[C@H]4C(=O)O)cc3C3CC3)(C1)C2. The molecule has 3 saturated carbocycles. The van der Waals surface area contributed by atoms with E-state index < -0.39 is 29.8 Å². The second-order valence-corrected chi connectivity index (χ2v) is 11.7. The predicted molar refractivity (Wildman–Crippen MR) is 124 cm³/mol. The van der Waals surface area contributed by atoms with E-state index in [9.17, 15) is 19.8 Å². The van der Waals surface area contributed by atoms with Gasteiger partial charge in [-0.25, -0.2) is 9.18 Å². The normalized spacial score (nSPS) is 35.3. The fraction of sp³-hybridized carbons (Fsp3) is 0.704. The molecule has 1 aromatic carbocycles. The number of carboxylic acids is 1. The summed E-state index contributed by atoms with van der Waals surface area (Å²) >= 11 is 0. The van der Waals surface area contributed by atoms with Gasteiger partial charge in [0.05, 0.1) is 18.3 Å². The van der Waals surface area contributed by atoms with E-state index in [2.05, 4.69) is 13.8 Å². The van der Waals surface area contributed by atoms with E-state index in [1.165, 1.54) is 25.3 Å². The Morgan fingerprint density at radius 3 is 2.41 bits per heavy atom. The van der Waals surface area contributed by atoms with E-state index in [0.29, 0.717) is 24.2 Å². The molecule has 3 aliphatic carbocycles. The van der Waals surface area contributed by atoms with E-state index in [0.717, 1.165) is 42.1 Å². The van der Waals surface area contributed by atoms with Crippen LogP contribution in [0.1, 0.15) is 87.1 Å². The van der Waals surface area contributed by atoms with Gasteiger partial charge in [-0.2, -0.15) is 0 Å². The number of rotatable bonds is 6. The zero-order chi connectivity index (χ0) is 24.2. The topological polar surface area (TPSA) is 87.1 Å². The maximum atomic E-state index is 15.2. The Bertz CT molecular complexity index is 957. The summed E-state index contributed by atoms with van der Waals surface area (Å²) in [5.74, 6) is 0.200. The molecule has 4 aliphatic rings. The second-order valence-electron chi connectivity index (χ2n) is 11.7. The first-order chi connectivity index (χ1) is 16.2. The number of hydrogen-bond acceptors (Lipinski definition) is 4. The van der Waals surface area contributed by atoms with Crippen molar-refractivity contribution in [2.45, 2.75) is 83.3 Å². The van der Waals surface area contributed by atoms with Crippen molar-refractivity contribution in [3.05, 3.63) is 29.1 Å². The van der Waals surface area contributed by atoms with Gasteiger partial charge in [0.15, 0.2) is 6.04 Å². The third-order valence-corrected chi connectivity index (χ3v) is 8.52. The van der Waals surface area contributed by atoms with Gasteiger partial charge in [-0.15, -0.1) is 0 Å². The lowest BCUT2D eigenvalue weighted by Gasteiger charge is -2.49. The molecule has 2 unspecified atom stereocenters. The van der Waals surface area contributed by atoms with Crippen LogP contribution in [0, 0.1) is 29.0 Å². The average molecular weight is 474 g/mol. The van der Waals surface area contributed by atoms with Crippen molar-refractivity contribution in [1.82, 2.24) is 4.90 Å². The highest BCUT2D eigenvalue weighted by atomic mass is 19.1. The fourth-order valence-corrected chi connectivity index (χ4v) is 7.35. The minimum atomic E-state index is -1.35. The number of hydrogen-bond donors (Lipinski definition) is 2. The molecule has 1 amide bonds. The highest BCUT2D eigenvalue weighted by molar-refractivity contribution is 5.97. The van der Waals surface area contributed by atoms with Crippen molar-refractivity contribution < 1.29 is 28.9 Å². The Labute approximate surface area is 200 Å².